The topological polar surface area (TPSA) is 116 Å². The van der Waals surface area contributed by atoms with Crippen molar-refractivity contribution in [3.63, 3.8) is 0 Å². The lowest BCUT2D eigenvalue weighted by Crippen LogP contribution is -2.06. The van der Waals surface area contributed by atoms with Crippen molar-refractivity contribution in [1.29, 1.82) is 10.5 Å². The molecule has 3 rings (SSSR count). The third-order valence-electron chi connectivity index (χ3n) is 4.08. The molecule has 0 aliphatic heterocycles. The second kappa shape index (κ2) is 9.23. The van der Waals surface area contributed by atoms with Gasteiger partial charge in [-0.1, -0.05) is 0 Å². The van der Waals surface area contributed by atoms with Crippen molar-refractivity contribution >= 4 is 33.4 Å². The summed E-state index contributed by atoms with van der Waals surface area (Å²) in [6.07, 6.45) is 0. The molecule has 8 nitrogen and oxygen atoms in total. The minimum atomic E-state index is 0.261. The number of aryl methyl sites for hydroxylation is 2. The number of rotatable bonds is 6. The highest BCUT2D eigenvalue weighted by Crippen LogP contribution is 2.37. The monoisotopic (exact) mass is 464 g/mol. The van der Waals surface area contributed by atoms with E-state index in [1.807, 2.05) is 13.8 Å². The van der Waals surface area contributed by atoms with Gasteiger partial charge in [0, 0.05) is 5.69 Å². The van der Waals surface area contributed by atoms with Gasteiger partial charge in [-0.05, 0) is 77.3 Å². The molecule has 3 aromatic rings. The Hall–Kier alpha value is -3.66. The van der Waals surface area contributed by atoms with Crippen LogP contribution in [-0.4, -0.2) is 17.1 Å². The first-order valence-electron chi connectivity index (χ1n) is 8.78. The normalized spacial score (nSPS) is 10.1. The van der Waals surface area contributed by atoms with Crippen LogP contribution in [0.25, 0.3) is 0 Å². The summed E-state index contributed by atoms with van der Waals surface area (Å²) in [6.45, 7) is 3.73. The summed E-state index contributed by atoms with van der Waals surface area (Å²) in [5.74, 6) is 1.49. The highest BCUT2D eigenvalue weighted by atomic mass is 79.9. The van der Waals surface area contributed by atoms with Crippen LogP contribution in [0.2, 0.25) is 0 Å². The van der Waals surface area contributed by atoms with Crippen molar-refractivity contribution in [1.82, 2.24) is 9.97 Å². The molecule has 0 spiro atoms. The maximum absolute atomic E-state index is 9.15. The first-order valence-corrected chi connectivity index (χ1v) is 9.57. The number of nitriles is 2. The second-order valence-corrected chi connectivity index (χ2v) is 7.08. The summed E-state index contributed by atoms with van der Waals surface area (Å²) < 4.78 is 6.56. The molecule has 9 heteroatoms. The fourth-order valence-corrected chi connectivity index (χ4v) is 3.08. The van der Waals surface area contributed by atoms with Crippen molar-refractivity contribution in [2.24, 2.45) is 0 Å². The van der Waals surface area contributed by atoms with E-state index < -0.39 is 0 Å². The zero-order valence-corrected chi connectivity index (χ0v) is 18.0. The van der Waals surface area contributed by atoms with Gasteiger partial charge in [0.1, 0.15) is 10.2 Å². The lowest BCUT2D eigenvalue weighted by molar-refractivity contribution is 0.268. The molecular weight excluding hydrogens is 448 g/mol. The second-order valence-electron chi connectivity index (χ2n) is 6.29. The molecule has 0 bridgehead atoms. The lowest BCUT2D eigenvalue weighted by Gasteiger charge is -2.16. The molecule has 150 valence electrons. The molecule has 0 unspecified atom stereocenters. The molecule has 2 N–H and O–H groups in total. The molecule has 30 heavy (non-hydrogen) atoms. The number of hydrogen-bond donors (Lipinski definition) is 2. The fourth-order valence-electron chi connectivity index (χ4n) is 2.74. The number of hydrogen-bond acceptors (Lipinski definition) is 8. The number of benzene rings is 2. The van der Waals surface area contributed by atoms with Gasteiger partial charge < -0.3 is 10.1 Å². The van der Waals surface area contributed by atoms with E-state index in [1.165, 1.54) is 7.11 Å². The average Bonchev–Trinajstić information content (AvgIpc) is 2.74. The predicted molar refractivity (Wildman–Crippen MR) is 116 cm³/mol. The Balaban J connectivity index is 1.99. The van der Waals surface area contributed by atoms with Crippen LogP contribution in [-0.2, 0) is 4.84 Å². The van der Waals surface area contributed by atoms with Crippen molar-refractivity contribution < 1.29 is 9.57 Å². The zero-order valence-electron chi connectivity index (χ0n) is 16.4. The van der Waals surface area contributed by atoms with Crippen LogP contribution >= 0.6 is 15.9 Å². The van der Waals surface area contributed by atoms with Gasteiger partial charge in [-0.25, -0.2) is 5.48 Å². The number of ether oxygens (including phenoxy) is 1. The lowest BCUT2D eigenvalue weighted by atomic mass is 10.1. The van der Waals surface area contributed by atoms with E-state index in [2.05, 4.69) is 48.8 Å². The Bertz CT molecular complexity index is 1140. The van der Waals surface area contributed by atoms with E-state index in [0.717, 1.165) is 11.1 Å². The molecule has 0 saturated carbocycles. The van der Waals surface area contributed by atoms with E-state index in [1.54, 1.807) is 36.4 Å². The minimum absolute atomic E-state index is 0.261. The van der Waals surface area contributed by atoms with E-state index in [9.17, 15) is 0 Å². The Morgan fingerprint density at radius 1 is 0.967 bits per heavy atom. The van der Waals surface area contributed by atoms with Crippen LogP contribution in [0.3, 0.4) is 0 Å². The summed E-state index contributed by atoms with van der Waals surface area (Å²) in [5.41, 5.74) is 6.12. The Morgan fingerprint density at radius 2 is 1.60 bits per heavy atom. The third-order valence-corrected chi connectivity index (χ3v) is 4.79. The fraction of sp³-hybridized carbons (Fsp3) is 0.143. The van der Waals surface area contributed by atoms with Gasteiger partial charge in [0.05, 0.1) is 30.4 Å². The summed E-state index contributed by atoms with van der Waals surface area (Å²) in [5, 5.41) is 21.2. The number of anilines is 3. The maximum atomic E-state index is 9.15. The van der Waals surface area contributed by atoms with Gasteiger partial charge in [-0.3, -0.25) is 4.84 Å². The van der Waals surface area contributed by atoms with Gasteiger partial charge in [0.15, 0.2) is 5.82 Å². The highest BCUT2D eigenvalue weighted by molar-refractivity contribution is 9.10. The summed E-state index contributed by atoms with van der Waals surface area (Å²) >= 11 is 3.45. The largest absolute Gasteiger partial charge is 0.437 e. The molecule has 0 radical (unpaired) electrons. The predicted octanol–water partition coefficient (Wildman–Crippen LogP) is 5.11. The van der Waals surface area contributed by atoms with Crippen molar-refractivity contribution in [3.05, 3.63) is 63.1 Å². The van der Waals surface area contributed by atoms with Crippen LogP contribution < -0.4 is 15.5 Å². The highest BCUT2D eigenvalue weighted by Gasteiger charge is 2.17. The Labute approximate surface area is 182 Å². The van der Waals surface area contributed by atoms with Gasteiger partial charge in [0.2, 0.25) is 11.8 Å². The van der Waals surface area contributed by atoms with E-state index >= 15 is 0 Å². The van der Waals surface area contributed by atoms with Gasteiger partial charge in [-0.2, -0.15) is 20.5 Å². The van der Waals surface area contributed by atoms with Crippen molar-refractivity contribution in [2.75, 3.05) is 17.9 Å². The van der Waals surface area contributed by atoms with Crippen LogP contribution in [0, 0.1) is 36.5 Å². The number of halogens is 1. The van der Waals surface area contributed by atoms with Crippen LogP contribution in [0.4, 0.5) is 17.5 Å². The molecule has 0 aliphatic rings. The third kappa shape index (κ3) is 4.66. The van der Waals surface area contributed by atoms with Crippen LogP contribution in [0.5, 0.6) is 11.6 Å². The first kappa shape index (κ1) is 21.1. The van der Waals surface area contributed by atoms with E-state index in [4.69, 9.17) is 20.1 Å². The van der Waals surface area contributed by atoms with E-state index in [0.29, 0.717) is 32.9 Å². The van der Waals surface area contributed by atoms with Crippen molar-refractivity contribution in [2.45, 2.75) is 13.8 Å². The number of nitrogens with zero attached hydrogens (tertiary/aromatic N) is 4. The summed E-state index contributed by atoms with van der Waals surface area (Å²) in [6, 6.07) is 14.6. The minimum Gasteiger partial charge on any atom is -0.437 e. The smallest absolute Gasteiger partial charge is 0.240 e. The van der Waals surface area contributed by atoms with Crippen molar-refractivity contribution in [3.8, 4) is 23.8 Å². The Morgan fingerprint density at radius 3 is 2.17 bits per heavy atom. The molecule has 0 fully saturated rings. The molecular formula is C21H17BrN6O2. The molecule has 0 atom stereocenters. The number of aromatic nitrogens is 2. The maximum Gasteiger partial charge on any atom is 0.240 e. The standard InChI is InChI=1S/C21H17BrN6O2/c1-12-8-15(11-24)9-13(2)18(12)30-20-17(22)19(28-29-3)26-21(27-20)25-16-6-4-14(10-23)5-7-16/h4-9H,1-3H3,(H2,25,26,27,28). The van der Waals surface area contributed by atoms with Gasteiger partial charge in [-0.15, -0.1) is 0 Å². The molecule has 0 aliphatic carbocycles. The molecule has 2 aromatic carbocycles. The average molecular weight is 465 g/mol. The number of nitrogens with one attached hydrogen (secondary N) is 2. The SMILES string of the molecule is CONc1nc(Nc2ccc(C#N)cc2)nc(Oc2c(C)cc(C#N)cc2C)c1Br. The van der Waals surface area contributed by atoms with E-state index in [-0.39, 0.29) is 11.8 Å². The van der Waals surface area contributed by atoms with Gasteiger partial charge >= 0.3 is 0 Å². The van der Waals surface area contributed by atoms with Gasteiger partial charge in [0.25, 0.3) is 0 Å². The molecule has 1 heterocycles. The van der Waals surface area contributed by atoms with Crippen LogP contribution in [0.1, 0.15) is 22.3 Å². The Kier molecular flexibility index (Phi) is 6.48. The quantitative estimate of drug-likeness (QED) is 0.483. The zero-order chi connectivity index (χ0) is 21.7. The molecule has 0 amide bonds. The molecule has 1 aromatic heterocycles. The summed E-state index contributed by atoms with van der Waals surface area (Å²) in [7, 11) is 1.47. The molecule has 0 saturated heterocycles. The summed E-state index contributed by atoms with van der Waals surface area (Å²) in [4.78, 5) is 13.8. The van der Waals surface area contributed by atoms with Crippen LogP contribution in [0.15, 0.2) is 40.9 Å². The first-order chi connectivity index (χ1) is 14.4.